The summed E-state index contributed by atoms with van der Waals surface area (Å²) in [5.74, 6) is -1.39. The largest absolute Gasteiger partial charge is 0.464 e. The second kappa shape index (κ2) is 10.1. The van der Waals surface area contributed by atoms with Crippen LogP contribution in [-0.2, 0) is 20.7 Å². The molecule has 158 valence electrons. The Bertz CT molecular complexity index is 784. The van der Waals surface area contributed by atoms with Crippen molar-refractivity contribution >= 4 is 17.6 Å². The van der Waals surface area contributed by atoms with Gasteiger partial charge in [-0.05, 0) is 30.2 Å². The second-order valence-electron chi connectivity index (χ2n) is 6.49. The van der Waals surface area contributed by atoms with E-state index in [9.17, 15) is 18.0 Å². The molecular weight excluding hydrogens is 407 g/mol. The van der Waals surface area contributed by atoms with E-state index in [-0.39, 0.29) is 18.8 Å². The van der Waals surface area contributed by atoms with Crippen molar-refractivity contribution < 1.29 is 27.4 Å². The highest BCUT2D eigenvalue weighted by Crippen LogP contribution is 2.37. The van der Waals surface area contributed by atoms with E-state index in [2.05, 4.69) is 5.32 Å². The van der Waals surface area contributed by atoms with Gasteiger partial charge in [0.25, 0.3) is 0 Å². The number of hydrogen-bond acceptors (Lipinski definition) is 4. The van der Waals surface area contributed by atoms with E-state index in [1.807, 2.05) is 0 Å². The molecule has 0 saturated heterocycles. The van der Waals surface area contributed by atoms with Crippen molar-refractivity contribution in [2.45, 2.75) is 31.1 Å². The molecule has 2 aromatic carbocycles. The van der Waals surface area contributed by atoms with Crippen LogP contribution >= 0.6 is 11.6 Å². The Morgan fingerprint density at radius 3 is 2.24 bits per heavy atom. The highest BCUT2D eigenvalue weighted by molar-refractivity contribution is 6.30. The van der Waals surface area contributed by atoms with E-state index in [0.717, 1.165) is 0 Å². The van der Waals surface area contributed by atoms with Crippen LogP contribution in [-0.4, -0.2) is 38.0 Å². The third-order valence-electron chi connectivity index (χ3n) is 4.45. The fourth-order valence-corrected chi connectivity index (χ4v) is 3.14. The monoisotopic (exact) mass is 429 g/mol. The zero-order valence-corrected chi connectivity index (χ0v) is 16.9. The average Bonchev–Trinajstić information content (AvgIpc) is 2.68. The first-order chi connectivity index (χ1) is 13.7. The SMILES string of the molecule is CCOC(=O)[C@](Cc1ccc(Cl)cc1)(N[C@@H](COC)c1ccccc1)C(F)(F)F. The fraction of sp³-hybridized carbons (Fsp3) is 0.381. The summed E-state index contributed by atoms with van der Waals surface area (Å²) >= 11 is 5.84. The minimum absolute atomic E-state index is 0.0676. The van der Waals surface area contributed by atoms with Gasteiger partial charge in [-0.1, -0.05) is 54.1 Å². The number of benzene rings is 2. The molecule has 2 rings (SSSR count). The molecule has 0 bridgehead atoms. The zero-order chi connectivity index (χ0) is 21.5. The van der Waals surface area contributed by atoms with E-state index in [1.165, 1.54) is 38.3 Å². The lowest BCUT2D eigenvalue weighted by molar-refractivity contribution is -0.216. The van der Waals surface area contributed by atoms with Gasteiger partial charge in [0.05, 0.1) is 19.3 Å². The number of nitrogens with one attached hydrogen (secondary N) is 1. The van der Waals surface area contributed by atoms with Crippen LogP contribution in [0.3, 0.4) is 0 Å². The molecule has 0 fully saturated rings. The van der Waals surface area contributed by atoms with E-state index >= 15 is 0 Å². The minimum atomic E-state index is -4.93. The summed E-state index contributed by atoms with van der Waals surface area (Å²) in [7, 11) is 1.39. The number of rotatable bonds is 9. The smallest absolute Gasteiger partial charge is 0.417 e. The highest BCUT2D eigenvalue weighted by atomic mass is 35.5. The van der Waals surface area contributed by atoms with Crippen LogP contribution in [0.5, 0.6) is 0 Å². The molecule has 8 heteroatoms. The molecule has 0 aliphatic carbocycles. The number of carbonyl (C=O) groups is 1. The number of carbonyl (C=O) groups excluding carboxylic acids is 1. The molecule has 0 spiro atoms. The summed E-state index contributed by atoms with van der Waals surface area (Å²) in [5.41, 5.74) is -2.12. The molecule has 0 aliphatic heterocycles. The Labute approximate surface area is 173 Å². The number of esters is 1. The van der Waals surface area contributed by atoms with Crippen molar-refractivity contribution in [1.82, 2.24) is 5.32 Å². The molecule has 4 nitrogen and oxygen atoms in total. The number of halogens is 4. The van der Waals surface area contributed by atoms with Crippen LogP contribution in [0.25, 0.3) is 0 Å². The van der Waals surface area contributed by atoms with Gasteiger partial charge in [-0.15, -0.1) is 0 Å². The number of alkyl halides is 3. The van der Waals surface area contributed by atoms with Gasteiger partial charge in [-0.2, -0.15) is 13.2 Å². The maximum Gasteiger partial charge on any atom is 0.417 e. The topological polar surface area (TPSA) is 47.6 Å². The van der Waals surface area contributed by atoms with E-state index < -0.39 is 30.1 Å². The maximum absolute atomic E-state index is 14.4. The normalized spacial score (nSPS) is 14.8. The summed E-state index contributed by atoms with van der Waals surface area (Å²) in [4.78, 5) is 12.7. The van der Waals surface area contributed by atoms with Crippen molar-refractivity contribution in [3.05, 3.63) is 70.7 Å². The van der Waals surface area contributed by atoms with Crippen LogP contribution in [0.15, 0.2) is 54.6 Å². The molecule has 0 unspecified atom stereocenters. The molecule has 0 aromatic heterocycles. The predicted molar refractivity (Wildman–Crippen MR) is 105 cm³/mol. The van der Waals surface area contributed by atoms with Crippen molar-refractivity contribution in [2.24, 2.45) is 0 Å². The molecule has 29 heavy (non-hydrogen) atoms. The minimum Gasteiger partial charge on any atom is -0.464 e. The highest BCUT2D eigenvalue weighted by Gasteiger charge is 2.62. The quantitative estimate of drug-likeness (QED) is 0.586. The van der Waals surface area contributed by atoms with Crippen LogP contribution in [0.4, 0.5) is 13.2 Å². The molecule has 0 heterocycles. The van der Waals surface area contributed by atoms with Crippen LogP contribution in [0, 0.1) is 0 Å². The predicted octanol–water partition coefficient (Wildman–Crippen LogP) is 4.72. The summed E-state index contributed by atoms with van der Waals surface area (Å²) in [6, 6.07) is 13.5. The summed E-state index contributed by atoms with van der Waals surface area (Å²) in [6.07, 6.45) is -5.58. The van der Waals surface area contributed by atoms with Crippen LogP contribution < -0.4 is 5.32 Å². The Hall–Kier alpha value is -2.09. The standard InChI is InChI=1S/C21H23ClF3NO3/c1-3-29-19(27)20(21(23,24)25,13-15-9-11-17(22)12-10-15)26-18(14-28-2)16-7-5-4-6-8-16/h4-12,18,26H,3,13-14H2,1-2H3/t18-,20-/m0/s1. The molecular formula is C21H23ClF3NO3. The number of hydrogen-bond donors (Lipinski definition) is 1. The third-order valence-corrected chi connectivity index (χ3v) is 4.70. The Kier molecular flexibility index (Phi) is 8.07. The lowest BCUT2D eigenvalue weighted by Crippen LogP contribution is -2.65. The molecule has 0 aliphatic rings. The summed E-state index contributed by atoms with van der Waals surface area (Å²) in [6.45, 7) is 1.21. The van der Waals surface area contributed by atoms with E-state index in [4.69, 9.17) is 21.1 Å². The second-order valence-corrected chi connectivity index (χ2v) is 6.93. The van der Waals surface area contributed by atoms with Crippen molar-refractivity contribution in [3.8, 4) is 0 Å². The molecule has 0 saturated carbocycles. The Morgan fingerprint density at radius 2 is 1.72 bits per heavy atom. The van der Waals surface area contributed by atoms with E-state index in [1.54, 1.807) is 30.3 Å². The summed E-state index contributed by atoms with van der Waals surface area (Å²) < 4.78 is 53.2. The Balaban J connectivity index is 2.53. The van der Waals surface area contributed by atoms with Gasteiger partial charge in [-0.25, -0.2) is 4.79 Å². The van der Waals surface area contributed by atoms with Crippen molar-refractivity contribution in [2.75, 3.05) is 20.3 Å². The van der Waals surface area contributed by atoms with Gasteiger partial charge in [0.2, 0.25) is 5.54 Å². The third kappa shape index (κ3) is 5.72. The van der Waals surface area contributed by atoms with E-state index in [0.29, 0.717) is 10.6 Å². The van der Waals surface area contributed by atoms with Gasteiger partial charge in [0, 0.05) is 18.6 Å². The van der Waals surface area contributed by atoms with Gasteiger partial charge in [0.15, 0.2) is 0 Å². The first-order valence-electron chi connectivity index (χ1n) is 9.03. The number of ether oxygens (including phenoxy) is 2. The molecule has 0 radical (unpaired) electrons. The van der Waals surface area contributed by atoms with Gasteiger partial charge in [0.1, 0.15) is 0 Å². The zero-order valence-electron chi connectivity index (χ0n) is 16.1. The van der Waals surface area contributed by atoms with Crippen molar-refractivity contribution in [3.63, 3.8) is 0 Å². The van der Waals surface area contributed by atoms with Gasteiger partial charge >= 0.3 is 12.1 Å². The van der Waals surface area contributed by atoms with Crippen LogP contribution in [0.2, 0.25) is 5.02 Å². The Morgan fingerprint density at radius 1 is 1.10 bits per heavy atom. The maximum atomic E-state index is 14.4. The molecule has 1 N–H and O–H groups in total. The van der Waals surface area contributed by atoms with Crippen molar-refractivity contribution in [1.29, 1.82) is 0 Å². The first kappa shape index (κ1) is 23.2. The average molecular weight is 430 g/mol. The molecule has 0 amide bonds. The summed E-state index contributed by atoms with van der Waals surface area (Å²) in [5, 5.41) is 2.90. The molecule has 2 atom stereocenters. The number of methoxy groups -OCH3 is 1. The fourth-order valence-electron chi connectivity index (χ4n) is 3.01. The lowest BCUT2D eigenvalue weighted by atomic mass is 9.88. The molecule has 2 aromatic rings. The lowest BCUT2D eigenvalue weighted by Gasteiger charge is -2.37. The van der Waals surface area contributed by atoms with Gasteiger partial charge in [-0.3, -0.25) is 5.32 Å². The van der Waals surface area contributed by atoms with Gasteiger partial charge < -0.3 is 9.47 Å². The first-order valence-corrected chi connectivity index (χ1v) is 9.41. The van der Waals surface area contributed by atoms with Crippen LogP contribution in [0.1, 0.15) is 24.1 Å².